The van der Waals surface area contributed by atoms with E-state index in [1.165, 1.54) is 23.9 Å². The Morgan fingerprint density at radius 1 is 1.50 bits per heavy atom. The minimum atomic E-state index is -0.754. The van der Waals surface area contributed by atoms with Crippen LogP contribution in [0.25, 0.3) is 0 Å². The Labute approximate surface area is 97.5 Å². The Bertz CT molecular complexity index is 392. The standard InChI is InChI=1S/C11H12FNO2S/c12-10-2-1-8(9(3-10)4-13)6-16-7-11(15)5-14/h1-3,11,14-15H,5-7H2. The van der Waals surface area contributed by atoms with Gasteiger partial charge < -0.3 is 10.2 Å². The van der Waals surface area contributed by atoms with E-state index in [1.807, 2.05) is 6.07 Å². The van der Waals surface area contributed by atoms with E-state index in [2.05, 4.69) is 0 Å². The lowest BCUT2D eigenvalue weighted by Crippen LogP contribution is -2.14. The van der Waals surface area contributed by atoms with Gasteiger partial charge in [0.25, 0.3) is 0 Å². The summed E-state index contributed by atoms with van der Waals surface area (Å²) in [4.78, 5) is 0. The van der Waals surface area contributed by atoms with Crippen LogP contribution in [0.3, 0.4) is 0 Å². The van der Waals surface area contributed by atoms with Gasteiger partial charge in [0.05, 0.1) is 24.3 Å². The van der Waals surface area contributed by atoms with E-state index < -0.39 is 11.9 Å². The van der Waals surface area contributed by atoms with Gasteiger partial charge >= 0.3 is 0 Å². The topological polar surface area (TPSA) is 64.2 Å². The van der Waals surface area contributed by atoms with Crippen molar-refractivity contribution in [3.05, 3.63) is 35.1 Å². The number of rotatable bonds is 5. The molecule has 0 saturated heterocycles. The summed E-state index contributed by atoms with van der Waals surface area (Å²) >= 11 is 1.39. The molecule has 0 aliphatic carbocycles. The molecule has 0 radical (unpaired) electrons. The first-order valence-electron chi connectivity index (χ1n) is 4.72. The van der Waals surface area contributed by atoms with Crippen LogP contribution < -0.4 is 0 Å². The van der Waals surface area contributed by atoms with Crippen LogP contribution in [0.15, 0.2) is 18.2 Å². The van der Waals surface area contributed by atoms with Crippen molar-refractivity contribution in [3.8, 4) is 6.07 Å². The first-order chi connectivity index (χ1) is 7.67. The van der Waals surface area contributed by atoms with Crippen LogP contribution in [0.5, 0.6) is 0 Å². The van der Waals surface area contributed by atoms with Crippen LogP contribution in [0.2, 0.25) is 0 Å². The predicted octanol–water partition coefficient (Wildman–Crippen LogP) is 1.28. The van der Waals surface area contributed by atoms with Crippen LogP contribution in [0, 0.1) is 17.1 Å². The van der Waals surface area contributed by atoms with E-state index >= 15 is 0 Å². The number of benzene rings is 1. The first kappa shape index (κ1) is 13.0. The molecule has 0 heterocycles. The van der Waals surface area contributed by atoms with E-state index in [0.29, 0.717) is 17.1 Å². The van der Waals surface area contributed by atoms with Crippen LogP contribution in [0.4, 0.5) is 4.39 Å². The predicted molar refractivity (Wildman–Crippen MR) is 60.4 cm³/mol. The molecule has 0 fully saturated rings. The number of aliphatic hydroxyl groups is 2. The zero-order valence-corrected chi connectivity index (χ0v) is 9.38. The molecule has 0 aliphatic heterocycles. The zero-order valence-electron chi connectivity index (χ0n) is 8.56. The van der Waals surface area contributed by atoms with E-state index in [4.69, 9.17) is 15.5 Å². The Kier molecular flexibility index (Phi) is 5.26. The second-order valence-electron chi connectivity index (χ2n) is 3.26. The van der Waals surface area contributed by atoms with Crippen molar-refractivity contribution in [3.63, 3.8) is 0 Å². The van der Waals surface area contributed by atoms with Crippen LogP contribution in [-0.4, -0.2) is 28.7 Å². The van der Waals surface area contributed by atoms with Gasteiger partial charge in [0.15, 0.2) is 0 Å². The maximum absolute atomic E-state index is 12.8. The summed E-state index contributed by atoms with van der Waals surface area (Å²) in [6.45, 7) is -0.276. The third kappa shape index (κ3) is 3.81. The largest absolute Gasteiger partial charge is 0.394 e. The smallest absolute Gasteiger partial charge is 0.124 e. The van der Waals surface area contributed by atoms with E-state index in [-0.39, 0.29) is 6.61 Å². The van der Waals surface area contributed by atoms with Gasteiger partial charge in [0.1, 0.15) is 5.82 Å². The molecular formula is C11H12FNO2S. The summed E-state index contributed by atoms with van der Waals surface area (Å²) in [7, 11) is 0. The summed E-state index contributed by atoms with van der Waals surface area (Å²) in [6, 6.07) is 5.98. The fourth-order valence-electron chi connectivity index (χ4n) is 1.14. The maximum Gasteiger partial charge on any atom is 0.124 e. The molecule has 0 amide bonds. The fourth-order valence-corrected chi connectivity index (χ4v) is 2.10. The maximum atomic E-state index is 12.8. The van der Waals surface area contributed by atoms with E-state index in [9.17, 15) is 4.39 Å². The normalized spacial score (nSPS) is 12.1. The highest BCUT2D eigenvalue weighted by atomic mass is 32.2. The lowest BCUT2D eigenvalue weighted by Gasteiger charge is -2.07. The molecule has 0 bridgehead atoms. The molecule has 16 heavy (non-hydrogen) atoms. The average molecular weight is 241 g/mol. The SMILES string of the molecule is N#Cc1cc(F)ccc1CSCC(O)CO. The van der Waals surface area contributed by atoms with Gasteiger partial charge in [-0.3, -0.25) is 0 Å². The minimum absolute atomic E-state index is 0.276. The quantitative estimate of drug-likeness (QED) is 0.815. The molecule has 1 aromatic carbocycles. The van der Waals surface area contributed by atoms with E-state index in [0.717, 1.165) is 5.56 Å². The molecule has 86 valence electrons. The summed E-state index contributed by atoms with van der Waals surface area (Å²) in [5, 5.41) is 26.5. The summed E-state index contributed by atoms with van der Waals surface area (Å²) in [5.74, 6) is 0.472. The molecular weight excluding hydrogens is 229 g/mol. The summed E-state index contributed by atoms with van der Waals surface area (Å²) in [5.41, 5.74) is 1.05. The highest BCUT2D eigenvalue weighted by molar-refractivity contribution is 7.98. The minimum Gasteiger partial charge on any atom is -0.394 e. The molecule has 1 unspecified atom stereocenters. The Morgan fingerprint density at radius 3 is 2.88 bits per heavy atom. The van der Waals surface area contributed by atoms with Crippen molar-refractivity contribution in [2.75, 3.05) is 12.4 Å². The number of thioether (sulfide) groups is 1. The molecule has 0 saturated carbocycles. The van der Waals surface area contributed by atoms with Crippen molar-refractivity contribution in [1.82, 2.24) is 0 Å². The van der Waals surface area contributed by atoms with Gasteiger partial charge in [-0.15, -0.1) is 0 Å². The van der Waals surface area contributed by atoms with E-state index in [1.54, 1.807) is 6.07 Å². The van der Waals surface area contributed by atoms with Crippen LogP contribution in [0.1, 0.15) is 11.1 Å². The number of hydrogen-bond donors (Lipinski definition) is 2. The molecule has 1 rings (SSSR count). The second kappa shape index (κ2) is 6.48. The van der Waals surface area contributed by atoms with Crippen molar-refractivity contribution < 1.29 is 14.6 Å². The third-order valence-corrected chi connectivity index (χ3v) is 3.11. The molecule has 1 aromatic rings. The molecule has 0 aliphatic rings. The van der Waals surface area contributed by atoms with Crippen molar-refractivity contribution in [1.29, 1.82) is 5.26 Å². The lowest BCUT2D eigenvalue weighted by molar-refractivity contribution is 0.113. The van der Waals surface area contributed by atoms with Gasteiger partial charge in [-0.05, 0) is 17.7 Å². The molecule has 5 heteroatoms. The molecule has 1 atom stereocenters. The molecule has 0 aromatic heterocycles. The summed E-state index contributed by atoms with van der Waals surface area (Å²) < 4.78 is 12.8. The monoisotopic (exact) mass is 241 g/mol. The number of aliphatic hydroxyl groups excluding tert-OH is 2. The molecule has 2 N–H and O–H groups in total. The number of nitrogens with zero attached hydrogens (tertiary/aromatic N) is 1. The van der Waals surface area contributed by atoms with Crippen molar-refractivity contribution >= 4 is 11.8 Å². The van der Waals surface area contributed by atoms with Crippen LogP contribution >= 0.6 is 11.8 Å². The number of nitriles is 1. The van der Waals surface area contributed by atoms with Crippen molar-refractivity contribution in [2.24, 2.45) is 0 Å². The third-order valence-electron chi connectivity index (χ3n) is 1.97. The molecule has 0 spiro atoms. The first-order valence-corrected chi connectivity index (χ1v) is 5.88. The lowest BCUT2D eigenvalue weighted by atomic mass is 10.1. The number of hydrogen-bond acceptors (Lipinski definition) is 4. The zero-order chi connectivity index (χ0) is 12.0. The highest BCUT2D eigenvalue weighted by Gasteiger charge is 2.06. The Balaban J connectivity index is 2.57. The van der Waals surface area contributed by atoms with Gasteiger partial charge in [-0.1, -0.05) is 6.07 Å². The Morgan fingerprint density at radius 2 is 2.25 bits per heavy atom. The molecule has 3 nitrogen and oxygen atoms in total. The van der Waals surface area contributed by atoms with Gasteiger partial charge in [-0.2, -0.15) is 17.0 Å². The summed E-state index contributed by atoms with van der Waals surface area (Å²) in [6.07, 6.45) is -0.754. The van der Waals surface area contributed by atoms with Crippen molar-refractivity contribution in [2.45, 2.75) is 11.9 Å². The Hall–Kier alpha value is -1.09. The van der Waals surface area contributed by atoms with Gasteiger partial charge in [0, 0.05) is 11.5 Å². The fraction of sp³-hybridized carbons (Fsp3) is 0.364. The van der Waals surface area contributed by atoms with Gasteiger partial charge in [-0.25, -0.2) is 4.39 Å². The number of halogens is 1. The van der Waals surface area contributed by atoms with Gasteiger partial charge in [0.2, 0.25) is 0 Å². The average Bonchev–Trinajstić information content (AvgIpc) is 2.30. The second-order valence-corrected chi connectivity index (χ2v) is 4.30. The highest BCUT2D eigenvalue weighted by Crippen LogP contribution is 2.17. The van der Waals surface area contributed by atoms with Crippen LogP contribution in [-0.2, 0) is 5.75 Å².